The maximum absolute atomic E-state index is 12.1. The molecule has 0 saturated heterocycles. The van der Waals surface area contributed by atoms with E-state index in [9.17, 15) is 4.79 Å². The summed E-state index contributed by atoms with van der Waals surface area (Å²) >= 11 is 0. The first-order chi connectivity index (χ1) is 10.1. The smallest absolute Gasteiger partial charge is 0.251 e. The van der Waals surface area contributed by atoms with Crippen LogP contribution in [0.1, 0.15) is 22.1 Å². The summed E-state index contributed by atoms with van der Waals surface area (Å²) in [6.07, 6.45) is 2.13. The minimum Gasteiger partial charge on any atom is -0.441 e. The number of hydrogen-bond acceptors (Lipinski definition) is 5. The van der Waals surface area contributed by atoms with E-state index in [-0.39, 0.29) is 5.91 Å². The Morgan fingerprint density at radius 1 is 1.43 bits per heavy atom. The summed E-state index contributed by atoms with van der Waals surface area (Å²) in [5, 5.41) is 6.84. The standard InChI is InChI=1S/C14H15N5O2/c1-9-18-11-4-3-10(7-12(11)21-9)14(20)15-6-5-13-16-8-17-19(13)2/h3-4,7-8H,5-6H2,1-2H3,(H,15,20). The molecule has 0 aliphatic rings. The summed E-state index contributed by atoms with van der Waals surface area (Å²) in [6.45, 7) is 2.28. The molecule has 3 rings (SSSR count). The normalized spacial score (nSPS) is 11.0. The number of nitrogens with zero attached hydrogens (tertiary/aromatic N) is 4. The van der Waals surface area contributed by atoms with Crippen LogP contribution in [0.2, 0.25) is 0 Å². The molecule has 0 fully saturated rings. The third-order valence-electron chi connectivity index (χ3n) is 3.20. The Hall–Kier alpha value is -2.70. The topological polar surface area (TPSA) is 85.8 Å². The van der Waals surface area contributed by atoms with Gasteiger partial charge in [0.2, 0.25) is 0 Å². The quantitative estimate of drug-likeness (QED) is 0.779. The first-order valence-corrected chi connectivity index (χ1v) is 6.62. The molecular formula is C14H15N5O2. The predicted molar refractivity (Wildman–Crippen MR) is 75.8 cm³/mol. The average molecular weight is 285 g/mol. The molecule has 1 aromatic carbocycles. The largest absolute Gasteiger partial charge is 0.441 e. The summed E-state index contributed by atoms with van der Waals surface area (Å²) in [5.74, 6) is 1.27. The van der Waals surface area contributed by atoms with Crippen molar-refractivity contribution in [2.24, 2.45) is 7.05 Å². The molecule has 0 aliphatic carbocycles. The number of aromatic nitrogens is 4. The highest BCUT2D eigenvalue weighted by Crippen LogP contribution is 2.16. The van der Waals surface area contributed by atoms with Gasteiger partial charge >= 0.3 is 0 Å². The van der Waals surface area contributed by atoms with Crippen molar-refractivity contribution in [1.82, 2.24) is 25.1 Å². The SMILES string of the molecule is Cc1nc2ccc(C(=O)NCCc3ncnn3C)cc2o1. The lowest BCUT2D eigenvalue weighted by Gasteiger charge is -2.04. The van der Waals surface area contributed by atoms with Gasteiger partial charge in [0, 0.05) is 32.5 Å². The minimum atomic E-state index is -0.145. The molecule has 0 unspecified atom stereocenters. The van der Waals surface area contributed by atoms with Crippen LogP contribution in [0.3, 0.4) is 0 Å². The molecule has 21 heavy (non-hydrogen) atoms. The van der Waals surface area contributed by atoms with E-state index in [1.54, 1.807) is 29.8 Å². The number of aryl methyl sites for hydroxylation is 2. The Labute approximate surface area is 121 Å². The van der Waals surface area contributed by atoms with E-state index in [0.717, 1.165) is 11.3 Å². The van der Waals surface area contributed by atoms with Gasteiger partial charge in [-0.05, 0) is 18.2 Å². The van der Waals surface area contributed by atoms with Gasteiger partial charge in [0.05, 0.1) is 0 Å². The second-order valence-electron chi connectivity index (χ2n) is 4.72. The highest BCUT2D eigenvalue weighted by atomic mass is 16.3. The first-order valence-electron chi connectivity index (χ1n) is 6.62. The number of carbonyl (C=O) groups excluding carboxylic acids is 1. The summed E-state index contributed by atoms with van der Waals surface area (Å²) < 4.78 is 7.12. The van der Waals surface area contributed by atoms with Crippen LogP contribution in [0.15, 0.2) is 28.9 Å². The molecule has 108 valence electrons. The summed E-state index contributed by atoms with van der Waals surface area (Å²) in [7, 11) is 1.82. The number of hydrogen-bond donors (Lipinski definition) is 1. The van der Waals surface area contributed by atoms with E-state index >= 15 is 0 Å². The molecule has 0 atom stereocenters. The molecule has 2 aromatic heterocycles. The van der Waals surface area contributed by atoms with E-state index in [2.05, 4.69) is 20.4 Å². The molecule has 0 spiro atoms. The van der Waals surface area contributed by atoms with E-state index in [1.807, 2.05) is 7.05 Å². The van der Waals surface area contributed by atoms with Crippen molar-refractivity contribution in [2.75, 3.05) is 6.54 Å². The lowest BCUT2D eigenvalue weighted by atomic mass is 10.2. The maximum atomic E-state index is 12.1. The number of nitrogens with one attached hydrogen (secondary N) is 1. The lowest BCUT2D eigenvalue weighted by molar-refractivity contribution is 0.0954. The molecule has 0 saturated carbocycles. The fraction of sp³-hybridized carbons (Fsp3) is 0.286. The molecular weight excluding hydrogens is 270 g/mol. The Morgan fingerprint density at radius 3 is 3.05 bits per heavy atom. The third kappa shape index (κ3) is 2.76. The number of amides is 1. The van der Waals surface area contributed by atoms with Gasteiger partial charge in [-0.2, -0.15) is 5.10 Å². The Morgan fingerprint density at radius 2 is 2.29 bits per heavy atom. The van der Waals surface area contributed by atoms with Crippen molar-refractivity contribution in [3.05, 3.63) is 41.8 Å². The number of carbonyl (C=O) groups is 1. The Bertz CT molecular complexity index is 790. The number of fused-ring (bicyclic) bond motifs is 1. The van der Waals surface area contributed by atoms with Crippen LogP contribution in [0.5, 0.6) is 0 Å². The summed E-state index contributed by atoms with van der Waals surface area (Å²) in [5.41, 5.74) is 1.92. The van der Waals surface area contributed by atoms with Crippen LogP contribution < -0.4 is 5.32 Å². The molecule has 1 amide bonds. The van der Waals surface area contributed by atoms with Gasteiger partial charge in [-0.1, -0.05) is 0 Å². The summed E-state index contributed by atoms with van der Waals surface area (Å²) in [6, 6.07) is 5.22. The fourth-order valence-corrected chi connectivity index (χ4v) is 2.12. The van der Waals surface area contributed by atoms with Crippen LogP contribution in [-0.2, 0) is 13.5 Å². The summed E-state index contributed by atoms with van der Waals surface area (Å²) in [4.78, 5) is 20.4. The van der Waals surface area contributed by atoms with Gasteiger partial charge in [0.25, 0.3) is 5.91 Å². The molecule has 0 aliphatic heterocycles. The average Bonchev–Trinajstić information content (AvgIpc) is 3.02. The predicted octanol–water partition coefficient (Wildman–Crippen LogP) is 1.24. The Kier molecular flexibility index (Phi) is 3.39. The van der Waals surface area contributed by atoms with Crippen LogP contribution in [0.25, 0.3) is 11.1 Å². The monoisotopic (exact) mass is 285 g/mol. The van der Waals surface area contributed by atoms with Crippen molar-refractivity contribution in [3.63, 3.8) is 0 Å². The Balaban J connectivity index is 1.65. The van der Waals surface area contributed by atoms with Gasteiger partial charge < -0.3 is 9.73 Å². The van der Waals surface area contributed by atoms with Gasteiger partial charge in [0.1, 0.15) is 17.7 Å². The second kappa shape index (κ2) is 5.35. The first kappa shape index (κ1) is 13.3. The van der Waals surface area contributed by atoms with Crippen molar-refractivity contribution >= 4 is 17.0 Å². The molecule has 0 bridgehead atoms. The lowest BCUT2D eigenvalue weighted by Crippen LogP contribution is -2.26. The van der Waals surface area contributed by atoms with Gasteiger partial charge in [-0.15, -0.1) is 0 Å². The van der Waals surface area contributed by atoms with Gasteiger partial charge in [-0.3, -0.25) is 9.48 Å². The zero-order valence-electron chi connectivity index (χ0n) is 11.8. The van der Waals surface area contributed by atoms with Crippen LogP contribution >= 0.6 is 0 Å². The molecule has 7 heteroatoms. The fourth-order valence-electron chi connectivity index (χ4n) is 2.12. The molecule has 2 heterocycles. The number of benzene rings is 1. The van der Waals surface area contributed by atoms with Crippen LogP contribution in [0.4, 0.5) is 0 Å². The van der Waals surface area contributed by atoms with Crippen LogP contribution in [0, 0.1) is 6.92 Å². The van der Waals surface area contributed by atoms with Crippen molar-refractivity contribution in [3.8, 4) is 0 Å². The molecule has 7 nitrogen and oxygen atoms in total. The molecule has 1 N–H and O–H groups in total. The number of rotatable bonds is 4. The highest BCUT2D eigenvalue weighted by molar-refractivity contribution is 5.96. The van der Waals surface area contributed by atoms with E-state index in [4.69, 9.17) is 4.42 Å². The van der Waals surface area contributed by atoms with Crippen molar-refractivity contribution in [2.45, 2.75) is 13.3 Å². The third-order valence-corrected chi connectivity index (χ3v) is 3.20. The second-order valence-corrected chi connectivity index (χ2v) is 4.72. The molecule has 3 aromatic rings. The van der Waals surface area contributed by atoms with E-state index in [1.165, 1.54) is 6.33 Å². The zero-order valence-corrected chi connectivity index (χ0v) is 11.8. The van der Waals surface area contributed by atoms with Gasteiger partial charge in [0.15, 0.2) is 11.5 Å². The van der Waals surface area contributed by atoms with Crippen LogP contribution in [-0.4, -0.2) is 32.2 Å². The van der Waals surface area contributed by atoms with Gasteiger partial charge in [-0.25, -0.2) is 9.97 Å². The van der Waals surface area contributed by atoms with Crippen molar-refractivity contribution < 1.29 is 9.21 Å². The van der Waals surface area contributed by atoms with E-state index in [0.29, 0.717) is 30.0 Å². The zero-order chi connectivity index (χ0) is 14.8. The molecule has 0 radical (unpaired) electrons. The van der Waals surface area contributed by atoms with Crippen molar-refractivity contribution in [1.29, 1.82) is 0 Å². The highest BCUT2D eigenvalue weighted by Gasteiger charge is 2.09. The maximum Gasteiger partial charge on any atom is 0.251 e. The van der Waals surface area contributed by atoms with E-state index < -0.39 is 0 Å². The number of oxazole rings is 1. The minimum absolute atomic E-state index is 0.145.